The molecule has 2 amide bonds. The van der Waals surface area contributed by atoms with E-state index in [0.29, 0.717) is 32.2 Å². The molecule has 3 rings (SSSR count). The van der Waals surface area contributed by atoms with Crippen molar-refractivity contribution in [3.63, 3.8) is 0 Å². The molecule has 134 valence electrons. The van der Waals surface area contributed by atoms with Gasteiger partial charge < -0.3 is 9.84 Å². The van der Waals surface area contributed by atoms with Gasteiger partial charge in [-0.15, -0.1) is 0 Å². The van der Waals surface area contributed by atoms with Crippen LogP contribution in [0.4, 0.5) is 5.69 Å². The zero-order valence-corrected chi connectivity index (χ0v) is 16.5. The SMILES string of the molecule is CCOc1cc(C=C2C(=O)NN(c3ccc(Cl)cc3)C2=O)cc(I)c1O. The number of phenolic OH excluding ortho intramolecular Hbond substituents is 1. The van der Waals surface area contributed by atoms with E-state index in [0.717, 1.165) is 0 Å². The summed E-state index contributed by atoms with van der Waals surface area (Å²) in [5.41, 5.74) is 3.60. The van der Waals surface area contributed by atoms with Crippen LogP contribution in [0.1, 0.15) is 12.5 Å². The molecule has 2 aromatic carbocycles. The van der Waals surface area contributed by atoms with E-state index >= 15 is 0 Å². The van der Waals surface area contributed by atoms with Crippen molar-refractivity contribution in [2.24, 2.45) is 0 Å². The number of rotatable bonds is 4. The van der Waals surface area contributed by atoms with E-state index in [2.05, 4.69) is 5.43 Å². The number of aromatic hydroxyl groups is 1. The summed E-state index contributed by atoms with van der Waals surface area (Å²) in [5, 5.41) is 11.7. The van der Waals surface area contributed by atoms with E-state index in [1.165, 1.54) is 11.1 Å². The first-order valence-corrected chi connectivity index (χ1v) is 9.14. The van der Waals surface area contributed by atoms with Gasteiger partial charge in [-0.1, -0.05) is 11.6 Å². The summed E-state index contributed by atoms with van der Waals surface area (Å²) >= 11 is 7.81. The van der Waals surface area contributed by atoms with Crippen molar-refractivity contribution in [1.82, 2.24) is 5.43 Å². The molecule has 1 heterocycles. The lowest BCUT2D eigenvalue weighted by Gasteiger charge is -2.14. The molecule has 0 unspecified atom stereocenters. The van der Waals surface area contributed by atoms with Crippen LogP contribution < -0.4 is 15.2 Å². The Balaban J connectivity index is 1.95. The first kappa shape index (κ1) is 18.5. The van der Waals surface area contributed by atoms with Gasteiger partial charge in [0.2, 0.25) is 0 Å². The summed E-state index contributed by atoms with van der Waals surface area (Å²) < 4.78 is 5.94. The maximum atomic E-state index is 12.6. The number of hydrogen-bond acceptors (Lipinski definition) is 4. The number of amides is 2. The van der Waals surface area contributed by atoms with Crippen LogP contribution in [0.15, 0.2) is 42.0 Å². The summed E-state index contributed by atoms with van der Waals surface area (Å²) in [6.07, 6.45) is 1.47. The zero-order valence-electron chi connectivity index (χ0n) is 13.6. The molecule has 1 saturated heterocycles. The molecule has 6 nitrogen and oxygen atoms in total. The number of phenols is 1. The minimum absolute atomic E-state index is 0.0103. The molecule has 0 aliphatic carbocycles. The summed E-state index contributed by atoms with van der Waals surface area (Å²) in [7, 11) is 0. The van der Waals surface area contributed by atoms with Crippen LogP contribution in [0, 0.1) is 3.57 Å². The maximum absolute atomic E-state index is 12.6. The normalized spacial score (nSPS) is 15.5. The molecule has 8 heteroatoms. The molecule has 2 N–H and O–H groups in total. The monoisotopic (exact) mass is 484 g/mol. The molecule has 1 fully saturated rings. The highest BCUT2D eigenvalue weighted by Gasteiger charge is 2.34. The van der Waals surface area contributed by atoms with Crippen molar-refractivity contribution in [3.8, 4) is 11.5 Å². The minimum atomic E-state index is -0.508. The zero-order chi connectivity index (χ0) is 18.8. The second kappa shape index (κ2) is 7.55. The fourth-order valence-electron chi connectivity index (χ4n) is 2.44. The molecular weight excluding hydrogens is 471 g/mol. The maximum Gasteiger partial charge on any atom is 0.282 e. The van der Waals surface area contributed by atoms with Gasteiger partial charge in [0.25, 0.3) is 11.8 Å². The number of hydrazine groups is 1. The van der Waals surface area contributed by atoms with Gasteiger partial charge in [-0.05, 0) is 77.6 Å². The van der Waals surface area contributed by atoms with Crippen molar-refractivity contribution in [3.05, 3.63) is 56.1 Å². The standard InChI is InChI=1S/C18H14ClIN2O4/c1-2-26-15-9-10(8-14(20)16(15)23)7-13-17(24)21-22(18(13)25)12-5-3-11(19)4-6-12/h3-9,23H,2H2,1H3,(H,21,24). The van der Waals surface area contributed by atoms with Crippen molar-refractivity contribution >= 4 is 57.8 Å². The number of ether oxygens (including phenoxy) is 1. The fraction of sp³-hybridized carbons (Fsp3) is 0.111. The third kappa shape index (κ3) is 3.63. The van der Waals surface area contributed by atoms with Gasteiger partial charge in [-0.25, -0.2) is 5.01 Å². The average Bonchev–Trinajstić information content (AvgIpc) is 2.88. The third-order valence-electron chi connectivity index (χ3n) is 3.64. The summed E-state index contributed by atoms with van der Waals surface area (Å²) in [6.45, 7) is 2.18. The molecule has 0 bridgehead atoms. The number of carbonyl (C=O) groups excluding carboxylic acids is 2. The number of hydrogen-bond donors (Lipinski definition) is 2. The van der Waals surface area contributed by atoms with Crippen LogP contribution >= 0.6 is 34.2 Å². The topological polar surface area (TPSA) is 78.9 Å². The van der Waals surface area contributed by atoms with Crippen molar-refractivity contribution < 1.29 is 19.4 Å². The molecule has 0 saturated carbocycles. The molecule has 2 aromatic rings. The Hall–Kier alpha value is -2.26. The lowest BCUT2D eigenvalue weighted by molar-refractivity contribution is -0.117. The Bertz CT molecular complexity index is 912. The lowest BCUT2D eigenvalue weighted by Crippen LogP contribution is -2.35. The van der Waals surface area contributed by atoms with Crippen LogP contribution in [0.2, 0.25) is 5.02 Å². The van der Waals surface area contributed by atoms with Gasteiger partial charge >= 0.3 is 0 Å². The second-order valence-electron chi connectivity index (χ2n) is 5.40. The van der Waals surface area contributed by atoms with E-state index in [1.54, 1.807) is 43.3 Å². The lowest BCUT2D eigenvalue weighted by atomic mass is 10.1. The van der Waals surface area contributed by atoms with E-state index in [-0.39, 0.29) is 11.3 Å². The van der Waals surface area contributed by atoms with Crippen LogP contribution in [0.3, 0.4) is 0 Å². The van der Waals surface area contributed by atoms with Crippen LogP contribution in [-0.4, -0.2) is 23.5 Å². The second-order valence-corrected chi connectivity index (χ2v) is 7.00. The Morgan fingerprint density at radius 2 is 1.96 bits per heavy atom. The predicted octanol–water partition coefficient (Wildman–Crippen LogP) is 3.51. The summed E-state index contributed by atoms with van der Waals surface area (Å²) in [5.74, 6) is -0.657. The van der Waals surface area contributed by atoms with Crippen molar-refractivity contribution in [1.29, 1.82) is 0 Å². The highest BCUT2D eigenvalue weighted by Crippen LogP contribution is 2.34. The Morgan fingerprint density at radius 1 is 1.27 bits per heavy atom. The van der Waals surface area contributed by atoms with E-state index < -0.39 is 11.8 Å². The van der Waals surface area contributed by atoms with Gasteiger partial charge in [0, 0.05) is 5.02 Å². The quantitative estimate of drug-likeness (QED) is 0.396. The van der Waals surface area contributed by atoms with Gasteiger partial charge in [0.05, 0.1) is 15.9 Å². The number of carbonyl (C=O) groups is 2. The molecular formula is C18H14ClIN2O4. The molecule has 26 heavy (non-hydrogen) atoms. The molecule has 1 aliphatic heterocycles. The largest absolute Gasteiger partial charge is 0.504 e. The van der Waals surface area contributed by atoms with Gasteiger partial charge in [0.1, 0.15) is 5.57 Å². The number of nitrogens with zero attached hydrogens (tertiary/aromatic N) is 1. The first-order chi connectivity index (χ1) is 12.4. The molecule has 1 aliphatic rings. The minimum Gasteiger partial charge on any atom is -0.504 e. The number of benzene rings is 2. The fourth-order valence-corrected chi connectivity index (χ4v) is 3.19. The smallest absolute Gasteiger partial charge is 0.282 e. The molecule has 0 radical (unpaired) electrons. The van der Waals surface area contributed by atoms with Crippen molar-refractivity contribution in [2.45, 2.75) is 6.92 Å². The Morgan fingerprint density at radius 3 is 2.62 bits per heavy atom. The van der Waals surface area contributed by atoms with E-state index in [9.17, 15) is 14.7 Å². The van der Waals surface area contributed by atoms with Crippen LogP contribution in [0.25, 0.3) is 6.08 Å². The third-order valence-corrected chi connectivity index (χ3v) is 4.71. The van der Waals surface area contributed by atoms with E-state index in [1.807, 2.05) is 22.6 Å². The predicted molar refractivity (Wildman–Crippen MR) is 107 cm³/mol. The summed E-state index contributed by atoms with van der Waals surface area (Å²) in [6, 6.07) is 9.79. The number of anilines is 1. The molecule has 0 atom stereocenters. The van der Waals surface area contributed by atoms with E-state index in [4.69, 9.17) is 16.3 Å². The number of halogens is 2. The highest BCUT2D eigenvalue weighted by molar-refractivity contribution is 14.1. The first-order valence-electron chi connectivity index (χ1n) is 7.68. The molecule has 0 spiro atoms. The molecule has 0 aromatic heterocycles. The Labute approximate surface area is 168 Å². The Kier molecular flexibility index (Phi) is 5.38. The van der Waals surface area contributed by atoms with Gasteiger partial charge in [-0.3, -0.25) is 15.0 Å². The van der Waals surface area contributed by atoms with Gasteiger partial charge in [-0.2, -0.15) is 0 Å². The van der Waals surface area contributed by atoms with Crippen molar-refractivity contribution in [2.75, 3.05) is 11.6 Å². The van der Waals surface area contributed by atoms with Gasteiger partial charge in [0.15, 0.2) is 11.5 Å². The van der Waals surface area contributed by atoms with Crippen LogP contribution in [0.5, 0.6) is 11.5 Å². The highest BCUT2D eigenvalue weighted by atomic mass is 127. The van der Waals surface area contributed by atoms with Crippen LogP contribution in [-0.2, 0) is 9.59 Å². The number of nitrogens with one attached hydrogen (secondary N) is 1. The average molecular weight is 485 g/mol. The summed E-state index contributed by atoms with van der Waals surface area (Å²) in [4.78, 5) is 24.9.